The van der Waals surface area contributed by atoms with E-state index >= 15 is 0 Å². The Kier molecular flexibility index (Phi) is 2.59. The molecule has 76 valence electrons. The zero-order valence-electron chi connectivity index (χ0n) is 8.59. The van der Waals surface area contributed by atoms with E-state index in [2.05, 4.69) is 22.3 Å². The zero-order chi connectivity index (χ0) is 9.97. The van der Waals surface area contributed by atoms with Gasteiger partial charge in [-0.3, -0.25) is 0 Å². The third-order valence-corrected chi connectivity index (χ3v) is 2.73. The van der Waals surface area contributed by atoms with Crippen LogP contribution in [0.5, 0.6) is 0 Å². The predicted octanol–water partition coefficient (Wildman–Crippen LogP) is 0.851. The second-order valence-electron chi connectivity index (χ2n) is 3.73. The van der Waals surface area contributed by atoms with E-state index in [1.807, 2.05) is 13.1 Å². The highest BCUT2D eigenvalue weighted by Gasteiger charge is 2.17. The molecule has 0 aliphatic carbocycles. The summed E-state index contributed by atoms with van der Waals surface area (Å²) in [7, 11) is 1.99. The number of fused-ring (bicyclic) bond motifs is 1. The SMILES string of the molecule is CNCCN1CCc2cc(N)ccc21. The molecule has 1 aliphatic rings. The molecule has 1 aliphatic heterocycles. The lowest BCUT2D eigenvalue weighted by atomic mass is 10.1. The lowest BCUT2D eigenvalue weighted by Crippen LogP contribution is -2.29. The maximum atomic E-state index is 5.75. The van der Waals surface area contributed by atoms with Crippen molar-refractivity contribution >= 4 is 11.4 Å². The van der Waals surface area contributed by atoms with Gasteiger partial charge in [0.15, 0.2) is 0 Å². The van der Waals surface area contributed by atoms with E-state index < -0.39 is 0 Å². The maximum Gasteiger partial charge on any atom is 0.0401 e. The van der Waals surface area contributed by atoms with Gasteiger partial charge >= 0.3 is 0 Å². The van der Waals surface area contributed by atoms with Crippen LogP contribution >= 0.6 is 0 Å². The van der Waals surface area contributed by atoms with Gasteiger partial charge in [-0.15, -0.1) is 0 Å². The molecule has 0 atom stereocenters. The Morgan fingerprint density at radius 2 is 2.36 bits per heavy atom. The van der Waals surface area contributed by atoms with Crippen LogP contribution in [0.15, 0.2) is 18.2 Å². The average molecular weight is 191 g/mol. The minimum absolute atomic E-state index is 0.874. The van der Waals surface area contributed by atoms with Gasteiger partial charge < -0.3 is 16.0 Å². The second kappa shape index (κ2) is 3.88. The summed E-state index contributed by atoms with van der Waals surface area (Å²) >= 11 is 0. The largest absolute Gasteiger partial charge is 0.399 e. The number of nitrogens with one attached hydrogen (secondary N) is 1. The Bertz CT molecular complexity index is 322. The molecule has 14 heavy (non-hydrogen) atoms. The highest BCUT2D eigenvalue weighted by molar-refractivity contribution is 5.62. The molecule has 3 heteroatoms. The lowest BCUT2D eigenvalue weighted by Gasteiger charge is -2.18. The maximum absolute atomic E-state index is 5.75. The summed E-state index contributed by atoms with van der Waals surface area (Å²) in [6.45, 7) is 3.23. The Morgan fingerprint density at radius 1 is 1.50 bits per heavy atom. The van der Waals surface area contributed by atoms with E-state index in [9.17, 15) is 0 Å². The van der Waals surface area contributed by atoms with E-state index in [4.69, 9.17) is 5.73 Å². The Morgan fingerprint density at radius 3 is 3.14 bits per heavy atom. The zero-order valence-corrected chi connectivity index (χ0v) is 8.59. The number of hydrogen-bond donors (Lipinski definition) is 2. The quantitative estimate of drug-likeness (QED) is 0.696. The summed E-state index contributed by atoms with van der Waals surface area (Å²) < 4.78 is 0. The van der Waals surface area contributed by atoms with Crippen molar-refractivity contribution in [3.8, 4) is 0 Å². The summed E-state index contributed by atoms with van der Waals surface area (Å²) in [5.41, 5.74) is 9.37. The van der Waals surface area contributed by atoms with Crippen LogP contribution in [-0.2, 0) is 6.42 Å². The van der Waals surface area contributed by atoms with E-state index in [1.165, 1.54) is 11.3 Å². The number of nitrogens with two attached hydrogens (primary N) is 1. The Hall–Kier alpha value is -1.22. The van der Waals surface area contributed by atoms with Crippen LogP contribution in [-0.4, -0.2) is 26.7 Å². The van der Waals surface area contributed by atoms with Crippen LogP contribution in [0.25, 0.3) is 0 Å². The van der Waals surface area contributed by atoms with E-state index in [-0.39, 0.29) is 0 Å². The number of anilines is 2. The highest BCUT2D eigenvalue weighted by atomic mass is 15.2. The molecule has 0 spiro atoms. The average Bonchev–Trinajstić information content (AvgIpc) is 2.57. The molecule has 0 radical (unpaired) electrons. The van der Waals surface area contributed by atoms with Crippen LogP contribution in [0.3, 0.4) is 0 Å². The first kappa shape index (κ1) is 9.34. The first-order valence-electron chi connectivity index (χ1n) is 5.09. The van der Waals surface area contributed by atoms with Crippen molar-refractivity contribution in [2.24, 2.45) is 0 Å². The fourth-order valence-electron chi connectivity index (χ4n) is 1.97. The molecule has 1 aromatic carbocycles. The minimum atomic E-state index is 0.874. The van der Waals surface area contributed by atoms with Gasteiger partial charge in [0, 0.05) is 31.0 Å². The topological polar surface area (TPSA) is 41.3 Å². The summed E-state index contributed by atoms with van der Waals surface area (Å²) in [6.07, 6.45) is 1.13. The number of rotatable bonds is 3. The van der Waals surface area contributed by atoms with Crippen molar-refractivity contribution in [3.05, 3.63) is 23.8 Å². The molecule has 1 aromatic rings. The molecule has 0 bridgehead atoms. The standard InChI is InChI=1S/C11H17N3/c1-13-5-7-14-6-4-9-8-10(12)2-3-11(9)14/h2-3,8,13H,4-7,12H2,1H3. The number of hydrogen-bond acceptors (Lipinski definition) is 3. The molecule has 0 aromatic heterocycles. The van der Waals surface area contributed by atoms with Gasteiger partial charge in [-0.05, 0) is 37.2 Å². The van der Waals surface area contributed by atoms with Crippen LogP contribution in [0.2, 0.25) is 0 Å². The normalized spacial score (nSPS) is 14.5. The number of nitrogens with zero attached hydrogens (tertiary/aromatic N) is 1. The molecule has 2 rings (SSSR count). The molecular weight excluding hydrogens is 174 g/mol. The van der Waals surface area contributed by atoms with E-state index in [0.29, 0.717) is 0 Å². The number of likely N-dealkylation sites (N-methyl/N-ethyl adjacent to an activating group) is 1. The van der Waals surface area contributed by atoms with Crippen LogP contribution in [0.4, 0.5) is 11.4 Å². The van der Waals surface area contributed by atoms with Crippen LogP contribution in [0.1, 0.15) is 5.56 Å². The third-order valence-electron chi connectivity index (χ3n) is 2.73. The lowest BCUT2D eigenvalue weighted by molar-refractivity contribution is 0.741. The molecule has 0 saturated carbocycles. The van der Waals surface area contributed by atoms with Gasteiger partial charge in [0.1, 0.15) is 0 Å². The second-order valence-corrected chi connectivity index (χ2v) is 3.73. The van der Waals surface area contributed by atoms with Crippen molar-refractivity contribution < 1.29 is 0 Å². The molecular formula is C11H17N3. The van der Waals surface area contributed by atoms with Gasteiger partial charge in [0.25, 0.3) is 0 Å². The molecule has 0 unspecified atom stereocenters. The smallest absolute Gasteiger partial charge is 0.0401 e. The predicted molar refractivity (Wildman–Crippen MR) is 60.7 cm³/mol. The fraction of sp³-hybridized carbons (Fsp3) is 0.455. The first-order valence-corrected chi connectivity index (χ1v) is 5.09. The summed E-state index contributed by atoms with van der Waals surface area (Å²) in [4.78, 5) is 2.41. The van der Waals surface area contributed by atoms with Gasteiger partial charge in [0.05, 0.1) is 0 Å². The minimum Gasteiger partial charge on any atom is -0.399 e. The monoisotopic (exact) mass is 191 g/mol. The highest BCUT2D eigenvalue weighted by Crippen LogP contribution is 2.28. The molecule has 0 fully saturated rings. The van der Waals surface area contributed by atoms with Crippen LogP contribution < -0.4 is 16.0 Å². The van der Waals surface area contributed by atoms with Gasteiger partial charge in [-0.25, -0.2) is 0 Å². The molecule has 3 nitrogen and oxygen atoms in total. The van der Waals surface area contributed by atoms with Crippen molar-refractivity contribution in [1.82, 2.24) is 5.32 Å². The summed E-state index contributed by atoms with van der Waals surface area (Å²) in [5, 5.41) is 3.17. The summed E-state index contributed by atoms with van der Waals surface area (Å²) in [6, 6.07) is 6.21. The molecule has 0 amide bonds. The first-order chi connectivity index (χ1) is 6.81. The number of benzene rings is 1. The van der Waals surface area contributed by atoms with E-state index in [0.717, 1.165) is 31.7 Å². The Labute approximate surface area is 84.9 Å². The van der Waals surface area contributed by atoms with E-state index in [1.54, 1.807) is 0 Å². The Balaban J connectivity index is 2.14. The van der Waals surface area contributed by atoms with Crippen molar-refractivity contribution in [2.75, 3.05) is 37.3 Å². The van der Waals surface area contributed by atoms with Crippen molar-refractivity contribution in [1.29, 1.82) is 0 Å². The van der Waals surface area contributed by atoms with Gasteiger partial charge in [0.2, 0.25) is 0 Å². The van der Waals surface area contributed by atoms with Crippen molar-refractivity contribution in [2.45, 2.75) is 6.42 Å². The molecule has 1 heterocycles. The van der Waals surface area contributed by atoms with Crippen molar-refractivity contribution in [3.63, 3.8) is 0 Å². The molecule has 3 N–H and O–H groups in total. The summed E-state index contributed by atoms with van der Waals surface area (Å²) in [5.74, 6) is 0. The van der Waals surface area contributed by atoms with Crippen LogP contribution in [0, 0.1) is 0 Å². The number of nitrogen functional groups attached to an aromatic ring is 1. The molecule has 0 saturated heterocycles. The fourth-order valence-corrected chi connectivity index (χ4v) is 1.97. The van der Waals surface area contributed by atoms with Gasteiger partial charge in [-0.1, -0.05) is 0 Å². The van der Waals surface area contributed by atoms with Gasteiger partial charge in [-0.2, -0.15) is 0 Å². The third kappa shape index (κ3) is 1.68.